The molecule has 0 aliphatic rings. The molecular formula is C12H11O3S-. The maximum Gasteiger partial charge on any atom is 0.143 e. The summed E-state index contributed by atoms with van der Waals surface area (Å²) < 4.78 is 25.8. The third-order valence-corrected chi connectivity index (χ3v) is 2.95. The Hall–Kier alpha value is -1.39. The third-order valence-electron chi connectivity index (χ3n) is 2.63. The Morgan fingerprint density at radius 2 is 1.81 bits per heavy atom. The first kappa shape index (κ1) is 11.1. The largest absolute Gasteiger partial charge is 0.740 e. The van der Waals surface area contributed by atoms with Gasteiger partial charge in [0.15, 0.2) is 0 Å². The first-order valence-electron chi connectivity index (χ1n) is 4.86. The SMILES string of the molecule is Cc1cc(OS(=O)[O-])c(C)c2ccccc12. The minimum atomic E-state index is -2.53. The van der Waals surface area contributed by atoms with Gasteiger partial charge in [0.2, 0.25) is 0 Å². The van der Waals surface area contributed by atoms with E-state index in [1.807, 2.05) is 38.1 Å². The summed E-state index contributed by atoms with van der Waals surface area (Å²) in [6.45, 7) is 3.78. The summed E-state index contributed by atoms with van der Waals surface area (Å²) in [4.78, 5) is 0. The fourth-order valence-electron chi connectivity index (χ4n) is 1.83. The average Bonchev–Trinajstić information content (AvgIpc) is 2.25. The predicted octanol–water partition coefficient (Wildman–Crippen LogP) is 2.63. The summed E-state index contributed by atoms with van der Waals surface area (Å²) in [5, 5.41) is 2.13. The van der Waals surface area contributed by atoms with Crippen molar-refractivity contribution in [3.63, 3.8) is 0 Å². The van der Waals surface area contributed by atoms with E-state index in [0.717, 1.165) is 21.9 Å². The molecular weight excluding hydrogens is 224 g/mol. The lowest BCUT2D eigenvalue weighted by Gasteiger charge is -2.13. The van der Waals surface area contributed by atoms with Crippen molar-refractivity contribution in [1.82, 2.24) is 0 Å². The van der Waals surface area contributed by atoms with E-state index < -0.39 is 11.4 Å². The van der Waals surface area contributed by atoms with Gasteiger partial charge < -0.3 is 8.74 Å². The molecule has 0 aliphatic heterocycles. The fraction of sp³-hybridized carbons (Fsp3) is 0.167. The van der Waals surface area contributed by atoms with Gasteiger partial charge in [-0.2, -0.15) is 0 Å². The highest BCUT2D eigenvalue weighted by Gasteiger charge is 2.07. The van der Waals surface area contributed by atoms with Crippen LogP contribution in [0.3, 0.4) is 0 Å². The summed E-state index contributed by atoms with van der Waals surface area (Å²) in [5.41, 5.74) is 1.84. The van der Waals surface area contributed by atoms with Crippen LogP contribution in [0.2, 0.25) is 0 Å². The van der Waals surface area contributed by atoms with Gasteiger partial charge in [-0.1, -0.05) is 24.3 Å². The molecule has 16 heavy (non-hydrogen) atoms. The van der Waals surface area contributed by atoms with E-state index in [4.69, 9.17) is 4.18 Å². The molecule has 0 aromatic heterocycles. The van der Waals surface area contributed by atoms with E-state index in [1.54, 1.807) is 6.07 Å². The molecule has 0 radical (unpaired) electrons. The summed E-state index contributed by atoms with van der Waals surface area (Å²) >= 11 is -2.53. The minimum Gasteiger partial charge on any atom is -0.740 e. The van der Waals surface area contributed by atoms with E-state index in [0.29, 0.717) is 5.75 Å². The molecule has 84 valence electrons. The van der Waals surface area contributed by atoms with Crippen molar-refractivity contribution in [2.24, 2.45) is 0 Å². The van der Waals surface area contributed by atoms with Crippen LogP contribution in [0.4, 0.5) is 0 Å². The Morgan fingerprint density at radius 1 is 1.19 bits per heavy atom. The Labute approximate surface area is 96.5 Å². The van der Waals surface area contributed by atoms with Crippen molar-refractivity contribution in [3.8, 4) is 5.75 Å². The zero-order valence-electron chi connectivity index (χ0n) is 9.02. The number of benzene rings is 2. The van der Waals surface area contributed by atoms with Crippen LogP contribution in [0.15, 0.2) is 30.3 Å². The second kappa shape index (κ2) is 4.23. The smallest absolute Gasteiger partial charge is 0.143 e. The summed E-state index contributed by atoms with van der Waals surface area (Å²) in [6.07, 6.45) is 0. The summed E-state index contributed by atoms with van der Waals surface area (Å²) in [6, 6.07) is 9.59. The van der Waals surface area contributed by atoms with Crippen LogP contribution in [-0.4, -0.2) is 8.76 Å². The molecule has 0 amide bonds. The monoisotopic (exact) mass is 235 g/mol. The van der Waals surface area contributed by atoms with E-state index in [-0.39, 0.29) is 0 Å². The standard InChI is InChI=1S/C12H12O3S/c1-8-7-12(15-16(13)14)9(2)11-6-4-3-5-10(8)11/h3-7H,1-2H3,(H,13,14)/p-1. The highest BCUT2D eigenvalue weighted by molar-refractivity contribution is 7.74. The number of hydrogen-bond donors (Lipinski definition) is 0. The van der Waals surface area contributed by atoms with Gasteiger partial charge in [0.1, 0.15) is 17.1 Å². The van der Waals surface area contributed by atoms with Gasteiger partial charge in [-0.05, 0) is 36.2 Å². The lowest BCUT2D eigenvalue weighted by atomic mass is 10.0. The summed E-state index contributed by atoms with van der Waals surface area (Å²) in [7, 11) is 0. The minimum absolute atomic E-state index is 0.393. The Bertz CT molecular complexity index is 563. The van der Waals surface area contributed by atoms with Crippen molar-refractivity contribution in [1.29, 1.82) is 0 Å². The quantitative estimate of drug-likeness (QED) is 0.752. The van der Waals surface area contributed by atoms with Crippen LogP contribution in [0.5, 0.6) is 5.75 Å². The molecule has 1 unspecified atom stereocenters. The van der Waals surface area contributed by atoms with E-state index in [9.17, 15) is 8.76 Å². The Kier molecular flexibility index (Phi) is 2.94. The van der Waals surface area contributed by atoms with Crippen molar-refractivity contribution < 1.29 is 12.9 Å². The second-order valence-corrected chi connectivity index (χ2v) is 4.22. The highest BCUT2D eigenvalue weighted by Crippen LogP contribution is 2.30. The maximum atomic E-state index is 10.5. The number of rotatable bonds is 2. The zero-order valence-corrected chi connectivity index (χ0v) is 9.84. The molecule has 2 aromatic carbocycles. The van der Waals surface area contributed by atoms with E-state index >= 15 is 0 Å². The van der Waals surface area contributed by atoms with Crippen LogP contribution >= 0.6 is 0 Å². The second-order valence-electron chi connectivity index (χ2n) is 3.65. The van der Waals surface area contributed by atoms with Gasteiger partial charge >= 0.3 is 0 Å². The van der Waals surface area contributed by atoms with E-state index in [1.165, 1.54) is 0 Å². The van der Waals surface area contributed by atoms with Gasteiger partial charge in [0.25, 0.3) is 0 Å². The molecule has 4 heteroatoms. The van der Waals surface area contributed by atoms with Gasteiger partial charge in [-0.15, -0.1) is 0 Å². The first-order chi connectivity index (χ1) is 7.59. The number of fused-ring (bicyclic) bond motifs is 1. The summed E-state index contributed by atoms with van der Waals surface area (Å²) in [5.74, 6) is 0.393. The van der Waals surface area contributed by atoms with Crippen molar-refractivity contribution >= 4 is 22.1 Å². The van der Waals surface area contributed by atoms with Crippen LogP contribution in [0.1, 0.15) is 11.1 Å². The van der Waals surface area contributed by atoms with Crippen molar-refractivity contribution in [2.45, 2.75) is 13.8 Å². The van der Waals surface area contributed by atoms with Crippen molar-refractivity contribution in [2.75, 3.05) is 0 Å². The molecule has 0 fully saturated rings. The first-order valence-corrected chi connectivity index (χ1v) is 5.86. The van der Waals surface area contributed by atoms with Gasteiger partial charge in [0.05, 0.1) is 0 Å². The van der Waals surface area contributed by atoms with Gasteiger partial charge in [-0.3, -0.25) is 0 Å². The molecule has 3 nitrogen and oxygen atoms in total. The zero-order chi connectivity index (χ0) is 11.7. The molecule has 0 spiro atoms. The van der Waals surface area contributed by atoms with Crippen LogP contribution < -0.4 is 4.18 Å². The van der Waals surface area contributed by atoms with Gasteiger partial charge in [0, 0.05) is 5.56 Å². The normalized spacial score (nSPS) is 12.7. The topological polar surface area (TPSA) is 49.4 Å². The third kappa shape index (κ3) is 1.94. The molecule has 2 rings (SSSR count). The fourth-order valence-corrected chi connectivity index (χ4v) is 2.15. The lowest BCUT2D eigenvalue weighted by molar-refractivity contribution is 0.439. The predicted molar refractivity (Wildman–Crippen MR) is 63.0 cm³/mol. The number of hydrogen-bond acceptors (Lipinski definition) is 3. The molecule has 0 bridgehead atoms. The molecule has 0 saturated heterocycles. The molecule has 0 N–H and O–H groups in total. The van der Waals surface area contributed by atoms with Crippen molar-refractivity contribution in [3.05, 3.63) is 41.5 Å². The molecule has 2 aromatic rings. The Morgan fingerprint density at radius 3 is 2.44 bits per heavy atom. The molecule has 0 saturated carbocycles. The maximum absolute atomic E-state index is 10.5. The van der Waals surface area contributed by atoms with Crippen LogP contribution in [-0.2, 0) is 11.4 Å². The van der Waals surface area contributed by atoms with Crippen LogP contribution in [0.25, 0.3) is 10.8 Å². The van der Waals surface area contributed by atoms with E-state index in [2.05, 4.69) is 0 Å². The molecule has 0 aliphatic carbocycles. The lowest BCUT2D eigenvalue weighted by Crippen LogP contribution is -2.00. The van der Waals surface area contributed by atoms with Crippen LogP contribution in [0, 0.1) is 13.8 Å². The molecule has 1 atom stereocenters. The average molecular weight is 235 g/mol. The van der Waals surface area contributed by atoms with Gasteiger partial charge in [-0.25, -0.2) is 4.21 Å². The Balaban J connectivity index is 2.70. The highest BCUT2D eigenvalue weighted by atomic mass is 32.2. The molecule has 0 heterocycles. The number of aryl methyl sites for hydroxylation is 2.